The molecule has 3 nitrogen and oxygen atoms in total. The van der Waals surface area contributed by atoms with Gasteiger partial charge in [0.05, 0.1) is 4.47 Å². The summed E-state index contributed by atoms with van der Waals surface area (Å²) in [5.74, 6) is -0.442. The molecule has 0 aliphatic heterocycles. The Morgan fingerprint density at radius 1 is 1.53 bits per heavy atom. The molecule has 0 aliphatic carbocycles. The summed E-state index contributed by atoms with van der Waals surface area (Å²) in [6, 6.07) is 2.87. The maximum absolute atomic E-state index is 11.9. The predicted octanol–water partition coefficient (Wildman–Crippen LogP) is 3.22. The minimum absolute atomic E-state index is 0.0146. The molecule has 0 N–H and O–H groups in total. The molecule has 0 unspecified atom stereocenters. The molecular weight excluding hydrogens is 392 g/mol. The smallest absolute Gasteiger partial charge is 0.402 e. The second kappa shape index (κ2) is 4.52. The van der Waals surface area contributed by atoms with Gasteiger partial charge in [-0.15, -0.1) is 13.2 Å². The van der Waals surface area contributed by atoms with Crippen molar-refractivity contribution in [3.8, 4) is 11.8 Å². The molecule has 0 bridgehead atoms. The van der Waals surface area contributed by atoms with Gasteiger partial charge in [0.2, 0.25) is 0 Å². The van der Waals surface area contributed by atoms with Gasteiger partial charge >= 0.3 is 6.36 Å². The molecule has 0 radical (unpaired) electrons. The van der Waals surface area contributed by atoms with Crippen molar-refractivity contribution in [2.75, 3.05) is 0 Å². The fourth-order valence-corrected chi connectivity index (χ4v) is 2.25. The topological polar surface area (TPSA) is 45.9 Å². The van der Waals surface area contributed by atoms with Crippen molar-refractivity contribution in [3.05, 3.63) is 19.9 Å². The highest BCUT2D eigenvalue weighted by Crippen LogP contribution is 2.33. The van der Waals surface area contributed by atoms with Crippen LogP contribution >= 0.6 is 38.5 Å². The molecule has 0 saturated carbocycles. The van der Waals surface area contributed by atoms with Gasteiger partial charge in [0.15, 0.2) is 5.75 Å². The Bertz CT molecular complexity index is 406. The molecule has 0 amide bonds. The molecule has 0 fully saturated rings. The van der Waals surface area contributed by atoms with Crippen molar-refractivity contribution >= 4 is 38.5 Å². The summed E-state index contributed by atoms with van der Waals surface area (Å²) in [7, 11) is 0. The zero-order chi connectivity index (χ0) is 11.6. The quantitative estimate of drug-likeness (QED) is 0.544. The number of alkyl halides is 3. The highest BCUT2D eigenvalue weighted by Gasteiger charge is 2.33. The zero-order valence-corrected chi connectivity index (χ0v) is 10.5. The van der Waals surface area contributed by atoms with Crippen molar-refractivity contribution in [1.29, 1.82) is 5.26 Å². The maximum atomic E-state index is 11.9. The van der Waals surface area contributed by atoms with E-state index in [1.54, 1.807) is 28.7 Å². The number of hydrogen-bond donors (Lipinski definition) is 0. The van der Waals surface area contributed by atoms with E-state index in [1.807, 2.05) is 0 Å². The molecule has 0 aromatic carbocycles. The van der Waals surface area contributed by atoms with Crippen LogP contribution in [0.3, 0.4) is 0 Å². The third-order valence-corrected chi connectivity index (χ3v) is 2.54. The van der Waals surface area contributed by atoms with Gasteiger partial charge in [-0.3, -0.25) is 0 Å². The minimum Gasteiger partial charge on any atom is -0.402 e. The Hall–Kier alpha value is -0.560. The number of pyridine rings is 1. The highest BCUT2D eigenvalue weighted by atomic mass is 127. The first kappa shape index (κ1) is 12.5. The molecular formula is C7HBrF3IN2O. The highest BCUT2D eigenvalue weighted by molar-refractivity contribution is 14.1. The first-order valence-corrected chi connectivity index (χ1v) is 5.22. The van der Waals surface area contributed by atoms with Crippen molar-refractivity contribution < 1.29 is 17.9 Å². The van der Waals surface area contributed by atoms with Gasteiger partial charge < -0.3 is 4.74 Å². The number of nitriles is 1. The van der Waals surface area contributed by atoms with E-state index in [1.165, 1.54) is 0 Å². The summed E-state index contributed by atoms with van der Waals surface area (Å²) in [6.07, 6.45) is -4.78. The van der Waals surface area contributed by atoms with Crippen LogP contribution in [0.25, 0.3) is 0 Å². The number of rotatable bonds is 1. The van der Waals surface area contributed by atoms with Crippen molar-refractivity contribution in [1.82, 2.24) is 4.98 Å². The van der Waals surface area contributed by atoms with E-state index in [0.717, 1.165) is 6.07 Å². The van der Waals surface area contributed by atoms with Gasteiger partial charge in [0.25, 0.3) is 0 Å². The zero-order valence-electron chi connectivity index (χ0n) is 6.77. The minimum atomic E-state index is -4.78. The van der Waals surface area contributed by atoms with Gasteiger partial charge in [0.1, 0.15) is 15.5 Å². The number of halogens is 5. The van der Waals surface area contributed by atoms with E-state index in [-0.39, 0.29) is 13.9 Å². The summed E-state index contributed by atoms with van der Waals surface area (Å²) in [4.78, 5) is 3.61. The summed E-state index contributed by atoms with van der Waals surface area (Å²) in [6.45, 7) is 0. The maximum Gasteiger partial charge on any atom is 0.573 e. The molecule has 0 aliphatic rings. The molecule has 8 heteroatoms. The van der Waals surface area contributed by atoms with E-state index >= 15 is 0 Å². The van der Waals surface area contributed by atoms with Crippen LogP contribution < -0.4 is 4.74 Å². The Balaban J connectivity index is 3.16. The van der Waals surface area contributed by atoms with E-state index in [9.17, 15) is 13.2 Å². The van der Waals surface area contributed by atoms with Gasteiger partial charge in [-0.2, -0.15) is 5.26 Å². The number of ether oxygens (including phenoxy) is 1. The fraction of sp³-hybridized carbons (Fsp3) is 0.143. The largest absolute Gasteiger partial charge is 0.573 e. The van der Waals surface area contributed by atoms with Gasteiger partial charge in [-0.1, -0.05) is 0 Å². The Kier molecular flexibility index (Phi) is 3.77. The first-order valence-electron chi connectivity index (χ1n) is 3.35. The lowest BCUT2D eigenvalue weighted by atomic mass is 10.4. The standard InChI is InChI=1S/C7HBrF3IN2O/c8-4-1-3(2-13)14-6(12)5(4)15-7(9,10)11/h1H. The lowest BCUT2D eigenvalue weighted by Crippen LogP contribution is -2.18. The summed E-state index contributed by atoms with van der Waals surface area (Å²) >= 11 is 4.43. The van der Waals surface area contributed by atoms with E-state index in [0.29, 0.717) is 0 Å². The monoisotopic (exact) mass is 392 g/mol. The Labute approximate surface area is 105 Å². The Morgan fingerprint density at radius 3 is 2.53 bits per heavy atom. The second-order valence-corrected chi connectivity index (χ2v) is 4.15. The molecule has 1 aromatic heterocycles. The molecule has 0 atom stereocenters. The van der Waals surface area contributed by atoms with Crippen LogP contribution in [0.5, 0.6) is 5.75 Å². The van der Waals surface area contributed by atoms with E-state index < -0.39 is 12.1 Å². The molecule has 0 spiro atoms. The molecule has 80 valence electrons. The molecule has 1 aromatic rings. The third kappa shape index (κ3) is 3.49. The van der Waals surface area contributed by atoms with Crippen molar-refractivity contribution in [2.24, 2.45) is 0 Å². The summed E-state index contributed by atoms with van der Waals surface area (Å²) in [5, 5.41) is 8.51. The predicted molar refractivity (Wildman–Crippen MR) is 56.1 cm³/mol. The number of hydrogen-bond acceptors (Lipinski definition) is 3. The lowest BCUT2D eigenvalue weighted by Gasteiger charge is -2.11. The van der Waals surface area contributed by atoms with Crippen molar-refractivity contribution in [3.63, 3.8) is 0 Å². The lowest BCUT2D eigenvalue weighted by molar-refractivity contribution is -0.275. The van der Waals surface area contributed by atoms with Crippen LogP contribution in [-0.4, -0.2) is 11.3 Å². The molecule has 1 heterocycles. The SMILES string of the molecule is N#Cc1cc(Br)c(OC(F)(F)F)c(I)n1. The van der Waals surface area contributed by atoms with Gasteiger partial charge in [-0.25, -0.2) is 4.98 Å². The Morgan fingerprint density at radius 2 is 2.13 bits per heavy atom. The molecule has 0 saturated heterocycles. The first-order chi connectivity index (χ1) is 6.83. The summed E-state index contributed by atoms with van der Waals surface area (Å²) in [5.41, 5.74) is 0.0146. The van der Waals surface area contributed by atoms with Crippen LogP contribution in [0.15, 0.2) is 10.5 Å². The van der Waals surface area contributed by atoms with Crippen LogP contribution in [0.4, 0.5) is 13.2 Å². The van der Waals surface area contributed by atoms with Crippen LogP contribution in [0, 0.1) is 15.0 Å². The normalized spacial score (nSPS) is 10.9. The average molecular weight is 393 g/mol. The van der Waals surface area contributed by atoms with Gasteiger partial charge in [0, 0.05) is 0 Å². The second-order valence-electron chi connectivity index (χ2n) is 2.27. The van der Waals surface area contributed by atoms with Gasteiger partial charge in [-0.05, 0) is 44.6 Å². The van der Waals surface area contributed by atoms with Crippen LogP contribution in [-0.2, 0) is 0 Å². The fourth-order valence-electron chi connectivity index (χ4n) is 0.737. The van der Waals surface area contributed by atoms with E-state index in [2.05, 4.69) is 25.7 Å². The van der Waals surface area contributed by atoms with Crippen LogP contribution in [0.2, 0.25) is 0 Å². The van der Waals surface area contributed by atoms with Crippen molar-refractivity contribution in [2.45, 2.75) is 6.36 Å². The van der Waals surface area contributed by atoms with Crippen LogP contribution in [0.1, 0.15) is 5.69 Å². The number of aromatic nitrogens is 1. The van der Waals surface area contributed by atoms with E-state index in [4.69, 9.17) is 5.26 Å². The summed E-state index contributed by atoms with van der Waals surface area (Å²) < 4.78 is 39.6. The number of nitrogens with zero attached hydrogens (tertiary/aromatic N) is 2. The third-order valence-electron chi connectivity index (χ3n) is 1.22. The average Bonchev–Trinajstić information content (AvgIpc) is 2.09. The molecule has 15 heavy (non-hydrogen) atoms. The molecule has 1 rings (SSSR count).